The molecule has 7 heteroatoms. The van der Waals surface area contributed by atoms with Crippen LogP contribution in [-0.2, 0) is 4.79 Å². The van der Waals surface area contributed by atoms with E-state index in [4.69, 9.17) is 9.26 Å². The molecule has 1 fully saturated rings. The van der Waals surface area contributed by atoms with Gasteiger partial charge in [0.15, 0.2) is 0 Å². The minimum atomic E-state index is 0.0580. The topological polar surface area (TPSA) is 80.5 Å². The highest BCUT2D eigenvalue weighted by Crippen LogP contribution is 2.25. The van der Waals surface area contributed by atoms with Crippen molar-refractivity contribution in [1.82, 2.24) is 15.5 Å². The first-order valence-electron chi connectivity index (χ1n) is 8.60. The number of methoxy groups -OCH3 is 1. The zero-order valence-electron chi connectivity index (χ0n) is 14.9. The van der Waals surface area contributed by atoms with Crippen molar-refractivity contribution >= 4 is 11.9 Å². The number of carbonyl (C=O) groups excluding carboxylic acids is 1. The number of anilines is 1. The molecular weight excluding hydrogens is 320 g/mol. The van der Waals surface area contributed by atoms with Gasteiger partial charge in [-0.25, -0.2) is 0 Å². The Morgan fingerprint density at radius 1 is 1.28 bits per heavy atom. The summed E-state index contributed by atoms with van der Waals surface area (Å²) in [5, 5.41) is 7.05. The molecule has 1 aromatic heterocycles. The van der Waals surface area contributed by atoms with Crippen molar-refractivity contribution in [1.29, 1.82) is 0 Å². The second kappa shape index (κ2) is 7.55. The molecule has 0 radical (unpaired) electrons. The summed E-state index contributed by atoms with van der Waals surface area (Å²) in [5.74, 6) is 1.54. The van der Waals surface area contributed by atoms with Gasteiger partial charge in [-0.05, 0) is 51.0 Å². The normalized spacial score (nSPS) is 15.4. The van der Waals surface area contributed by atoms with Crippen LogP contribution in [-0.4, -0.2) is 42.3 Å². The molecular formula is C18H24N4O3. The smallest absolute Gasteiger partial charge is 0.324 e. The average molecular weight is 344 g/mol. The molecule has 2 aromatic rings. The standard InChI is InChI=1S/C18H24N4O3/c1-12(2)19-17(23)14-8-10-22(11-9-14)18-20-16(21-25-18)13-4-6-15(24-3)7-5-13/h4-7,12,14H,8-11H2,1-3H3,(H,19,23). The number of nitrogens with one attached hydrogen (secondary N) is 1. The second-order valence-electron chi connectivity index (χ2n) is 6.55. The zero-order valence-corrected chi connectivity index (χ0v) is 14.9. The minimum absolute atomic E-state index is 0.0580. The van der Waals surface area contributed by atoms with Crippen LogP contribution >= 0.6 is 0 Å². The van der Waals surface area contributed by atoms with Crippen molar-refractivity contribution in [3.05, 3.63) is 24.3 Å². The molecule has 0 spiro atoms. The molecule has 3 rings (SSSR count). The van der Waals surface area contributed by atoms with Crippen molar-refractivity contribution in [2.75, 3.05) is 25.1 Å². The number of amides is 1. The van der Waals surface area contributed by atoms with E-state index >= 15 is 0 Å². The molecule has 1 aliphatic rings. The molecule has 0 unspecified atom stereocenters. The van der Waals surface area contributed by atoms with E-state index in [0.717, 1.165) is 37.2 Å². The third-order valence-electron chi connectivity index (χ3n) is 4.33. The number of aromatic nitrogens is 2. The SMILES string of the molecule is COc1ccc(-c2noc(N3CCC(C(=O)NC(C)C)CC3)n2)cc1. The van der Waals surface area contributed by atoms with Gasteiger partial charge in [0.2, 0.25) is 11.7 Å². The molecule has 1 aromatic carbocycles. The summed E-state index contributed by atoms with van der Waals surface area (Å²) in [4.78, 5) is 18.6. The van der Waals surface area contributed by atoms with Crippen LogP contribution < -0.4 is 15.0 Å². The number of piperidine rings is 1. The third-order valence-corrected chi connectivity index (χ3v) is 4.33. The van der Waals surface area contributed by atoms with Crippen LogP contribution in [0.2, 0.25) is 0 Å². The summed E-state index contributed by atoms with van der Waals surface area (Å²) < 4.78 is 10.6. The van der Waals surface area contributed by atoms with Crippen LogP contribution in [0.25, 0.3) is 11.4 Å². The van der Waals surface area contributed by atoms with Gasteiger partial charge in [-0.2, -0.15) is 4.98 Å². The quantitative estimate of drug-likeness (QED) is 0.897. The van der Waals surface area contributed by atoms with Crippen LogP contribution in [0, 0.1) is 5.92 Å². The van der Waals surface area contributed by atoms with Gasteiger partial charge >= 0.3 is 6.01 Å². The highest BCUT2D eigenvalue weighted by atomic mass is 16.5. The van der Waals surface area contributed by atoms with Crippen LogP contribution in [0.5, 0.6) is 5.75 Å². The van der Waals surface area contributed by atoms with E-state index in [2.05, 4.69) is 15.5 Å². The van der Waals surface area contributed by atoms with Crippen molar-refractivity contribution in [3.8, 4) is 17.1 Å². The fraction of sp³-hybridized carbons (Fsp3) is 0.500. The lowest BCUT2D eigenvalue weighted by Gasteiger charge is -2.30. The van der Waals surface area contributed by atoms with E-state index in [1.807, 2.05) is 43.0 Å². The molecule has 25 heavy (non-hydrogen) atoms. The second-order valence-corrected chi connectivity index (χ2v) is 6.55. The third kappa shape index (κ3) is 4.10. The van der Waals surface area contributed by atoms with Gasteiger partial charge in [-0.1, -0.05) is 5.16 Å². The van der Waals surface area contributed by atoms with Gasteiger partial charge in [-0.15, -0.1) is 0 Å². The van der Waals surface area contributed by atoms with E-state index in [1.165, 1.54) is 0 Å². The molecule has 2 heterocycles. The number of hydrogen-bond donors (Lipinski definition) is 1. The van der Waals surface area contributed by atoms with Crippen molar-refractivity contribution in [2.24, 2.45) is 5.92 Å². The van der Waals surface area contributed by atoms with Crippen LogP contribution in [0.4, 0.5) is 6.01 Å². The van der Waals surface area contributed by atoms with E-state index in [9.17, 15) is 4.79 Å². The fourth-order valence-corrected chi connectivity index (χ4v) is 2.94. The van der Waals surface area contributed by atoms with E-state index in [1.54, 1.807) is 7.11 Å². The Morgan fingerprint density at radius 3 is 2.56 bits per heavy atom. The Balaban J connectivity index is 1.61. The molecule has 0 saturated carbocycles. The first kappa shape index (κ1) is 17.3. The largest absolute Gasteiger partial charge is 0.497 e. The summed E-state index contributed by atoms with van der Waals surface area (Å²) in [7, 11) is 1.63. The van der Waals surface area contributed by atoms with Crippen molar-refractivity contribution in [2.45, 2.75) is 32.7 Å². The molecule has 1 amide bonds. The number of nitrogens with zero attached hydrogens (tertiary/aromatic N) is 3. The summed E-state index contributed by atoms with van der Waals surface area (Å²) in [6.07, 6.45) is 1.58. The predicted octanol–water partition coefficient (Wildman–Crippen LogP) is 2.49. The summed E-state index contributed by atoms with van der Waals surface area (Å²) in [5.41, 5.74) is 0.877. The lowest BCUT2D eigenvalue weighted by molar-refractivity contribution is -0.126. The molecule has 0 atom stereocenters. The molecule has 0 bridgehead atoms. The van der Waals surface area contributed by atoms with Gasteiger partial charge in [0.25, 0.3) is 0 Å². The minimum Gasteiger partial charge on any atom is -0.497 e. The fourth-order valence-electron chi connectivity index (χ4n) is 2.94. The number of benzene rings is 1. The summed E-state index contributed by atoms with van der Waals surface area (Å²) in [6, 6.07) is 8.21. The number of ether oxygens (including phenoxy) is 1. The molecule has 1 N–H and O–H groups in total. The van der Waals surface area contributed by atoms with Crippen LogP contribution in [0.3, 0.4) is 0 Å². The summed E-state index contributed by atoms with van der Waals surface area (Å²) >= 11 is 0. The number of rotatable bonds is 5. The lowest BCUT2D eigenvalue weighted by Crippen LogP contribution is -2.42. The first-order valence-corrected chi connectivity index (χ1v) is 8.60. The number of carbonyl (C=O) groups is 1. The van der Waals surface area contributed by atoms with Crippen molar-refractivity contribution in [3.63, 3.8) is 0 Å². The Hall–Kier alpha value is -2.57. The predicted molar refractivity (Wildman–Crippen MR) is 94.5 cm³/mol. The maximum absolute atomic E-state index is 12.1. The Bertz CT molecular complexity index is 703. The molecule has 0 aliphatic carbocycles. The van der Waals surface area contributed by atoms with Crippen molar-refractivity contribution < 1.29 is 14.1 Å². The highest BCUT2D eigenvalue weighted by Gasteiger charge is 2.27. The monoisotopic (exact) mass is 344 g/mol. The van der Waals surface area contributed by atoms with Crippen LogP contribution in [0.1, 0.15) is 26.7 Å². The Labute approximate surface area is 147 Å². The molecule has 1 aliphatic heterocycles. The Kier molecular flexibility index (Phi) is 5.21. The van der Waals surface area contributed by atoms with Gasteiger partial charge < -0.3 is 19.5 Å². The number of hydrogen-bond acceptors (Lipinski definition) is 6. The highest BCUT2D eigenvalue weighted by molar-refractivity contribution is 5.79. The lowest BCUT2D eigenvalue weighted by atomic mass is 9.96. The molecule has 134 valence electrons. The van der Waals surface area contributed by atoms with Gasteiger partial charge in [-0.3, -0.25) is 4.79 Å². The maximum Gasteiger partial charge on any atom is 0.324 e. The first-order chi connectivity index (χ1) is 12.1. The molecule has 1 saturated heterocycles. The summed E-state index contributed by atoms with van der Waals surface area (Å²) in [6.45, 7) is 5.43. The zero-order chi connectivity index (χ0) is 17.8. The van der Waals surface area contributed by atoms with E-state index in [0.29, 0.717) is 11.8 Å². The maximum atomic E-state index is 12.1. The van der Waals surface area contributed by atoms with Gasteiger partial charge in [0, 0.05) is 30.6 Å². The van der Waals surface area contributed by atoms with Gasteiger partial charge in [0.05, 0.1) is 7.11 Å². The average Bonchev–Trinajstić information content (AvgIpc) is 3.11. The van der Waals surface area contributed by atoms with E-state index < -0.39 is 0 Å². The Morgan fingerprint density at radius 2 is 1.96 bits per heavy atom. The molecule has 7 nitrogen and oxygen atoms in total. The van der Waals surface area contributed by atoms with E-state index in [-0.39, 0.29) is 17.9 Å². The van der Waals surface area contributed by atoms with Crippen LogP contribution in [0.15, 0.2) is 28.8 Å². The van der Waals surface area contributed by atoms with Gasteiger partial charge in [0.1, 0.15) is 5.75 Å².